The summed E-state index contributed by atoms with van der Waals surface area (Å²) in [5, 5.41) is 0. The van der Waals surface area contributed by atoms with Gasteiger partial charge in [-0.1, -0.05) is 13.8 Å². The number of hydrogen-bond donors (Lipinski definition) is 1. The molecule has 0 spiro atoms. The van der Waals surface area contributed by atoms with Gasteiger partial charge >= 0.3 is 6.18 Å². The van der Waals surface area contributed by atoms with Gasteiger partial charge in [-0.2, -0.15) is 13.2 Å². The standard InChI is InChI=1S/C11H20F3N3O.2ClH/c1-8(2)9(15)10(18)17-5-3-16(4-6-17)7-11(12,13)14;;/h8-9H,3-7,15H2,1-2H3;2*1H/t9-;;/m1../s1. The molecule has 1 aliphatic rings. The van der Waals surface area contributed by atoms with Gasteiger partial charge in [0.25, 0.3) is 0 Å². The lowest BCUT2D eigenvalue weighted by molar-refractivity contribution is -0.152. The fourth-order valence-electron chi connectivity index (χ4n) is 1.88. The van der Waals surface area contributed by atoms with Gasteiger partial charge in [0.2, 0.25) is 5.91 Å². The highest BCUT2D eigenvalue weighted by Crippen LogP contribution is 2.17. The first-order chi connectivity index (χ1) is 8.20. The summed E-state index contributed by atoms with van der Waals surface area (Å²) in [5.74, 6) is -0.137. The van der Waals surface area contributed by atoms with Crippen molar-refractivity contribution in [3.63, 3.8) is 0 Å². The Hall–Kier alpha value is -0.240. The highest BCUT2D eigenvalue weighted by Gasteiger charge is 2.33. The molecule has 122 valence electrons. The Bertz CT molecular complexity index is 295. The maximum atomic E-state index is 12.2. The predicted octanol–water partition coefficient (Wildman–Crippen LogP) is 1.52. The Morgan fingerprint density at radius 3 is 1.95 bits per heavy atom. The Morgan fingerprint density at radius 2 is 1.60 bits per heavy atom. The molecule has 20 heavy (non-hydrogen) atoms. The van der Waals surface area contributed by atoms with Crippen LogP contribution in [0.5, 0.6) is 0 Å². The van der Waals surface area contributed by atoms with Crippen LogP contribution in [0.15, 0.2) is 0 Å². The van der Waals surface area contributed by atoms with Crippen molar-refractivity contribution in [3.05, 3.63) is 0 Å². The van der Waals surface area contributed by atoms with Crippen molar-refractivity contribution in [2.45, 2.75) is 26.1 Å². The first-order valence-corrected chi connectivity index (χ1v) is 6.04. The van der Waals surface area contributed by atoms with Gasteiger partial charge < -0.3 is 10.6 Å². The van der Waals surface area contributed by atoms with Crippen LogP contribution in [0.25, 0.3) is 0 Å². The second kappa shape index (κ2) is 8.92. The summed E-state index contributed by atoms with van der Waals surface area (Å²) in [5.41, 5.74) is 5.74. The topological polar surface area (TPSA) is 49.6 Å². The number of amides is 1. The Balaban J connectivity index is 0. The van der Waals surface area contributed by atoms with Gasteiger partial charge in [-0.15, -0.1) is 24.8 Å². The molecule has 1 fully saturated rings. The number of halogens is 5. The van der Waals surface area contributed by atoms with Gasteiger partial charge in [0.1, 0.15) is 0 Å². The zero-order valence-corrected chi connectivity index (χ0v) is 13.2. The van der Waals surface area contributed by atoms with Crippen LogP contribution in [0.2, 0.25) is 0 Å². The van der Waals surface area contributed by atoms with E-state index < -0.39 is 18.8 Å². The predicted molar refractivity (Wildman–Crippen MR) is 76.4 cm³/mol. The molecule has 1 amide bonds. The molecule has 4 nitrogen and oxygen atoms in total. The highest BCUT2D eigenvalue weighted by atomic mass is 35.5. The molecule has 9 heteroatoms. The molecule has 0 aromatic rings. The molecular formula is C11H22Cl2F3N3O. The maximum Gasteiger partial charge on any atom is 0.401 e. The van der Waals surface area contributed by atoms with Crippen molar-refractivity contribution in [1.82, 2.24) is 9.80 Å². The smallest absolute Gasteiger partial charge is 0.339 e. The minimum absolute atomic E-state index is 0. The van der Waals surface area contributed by atoms with Crippen molar-refractivity contribution in [1.29, 1.82) is 0 Å². The Morgan fingerprint density at radius 1 is 1.15 bits per heavy atom. The van der Waals surface area contributed by atoms with Crippen molar-refractivity contribution in [2.24, 2.45) is 11.7 Å². The van der Waals surface area contributed by atoms with Crippen LogP contribution in [0.3, 0.4) is 0 Å². The van der Waals surface area contributed by atoms with E-state index in [2.05, 4.69) is 0 Å². The second-order valence-electron chi connectivity index (χ2n) is 4.99. The molecule has 1 heterocycles. The lowest BCUT2D eigenvalue weighted by Gasteiger charge is -2.36. The lowest BCUT2D eigenvalue weighted by atomic mass is 10.0. The van der Waals surface area contributed by atoms with Crippen LogP contribution in [-0.4, -0.2) is 60.6 Å². The van der Waals surface area contributed by atoms with Gasteiger partial charge in [-0.3, -0.25) is 9.69 Å². The van der Waals surface area contributed by atoms with Crippen molar-refractivity contribution in [2.75, 3.05) is 32.7 Å². The van der Waals surface area contributed by atoms with Crippen LogP contribution >= 0.6 is 24.8 Å². The zero-order chi connectivity index (χ0) is 13.9. The zero-order valence-electron chi connectivity index (χ0n) is 11.5. The molecule has 0 saturated carbocycles. The molecule has 0 aliphatic carbocycles. The van der Waals surface area contributed by atoms with E-state index in [1.807, 2.05) is 13.8 Å². The molecular weight excluding hydrogens is 318 g/mol. The summed E-state index contributed by atoms with van der Waals surface area (Å²) in [4.78, 5) is 14.8. The van der Waals surface area contributed by atoms with E-state index in [9.17, 15) is 18.0 Å². The van der Waals surface area contributed by atoms with Crippen LogP contribution in [-0.2, 0) is 4.79 Å². The van der Waals surface area contributed by atoms with E-state index in [0.29, 0.717) is 13.1 Å². The number of piperazine rings is 1. The molecule has 1 atom stereocenters. The lowest BCUT2D eigenvalue weighted by Crippen LogP contribution is -2.55. The Labute approximate surface area is 129 Å². The van der Waals surface area contributed by atoms with Crippen LogP contribution in [0.1, 0.15) is 13.8 Å². The second-order valence-corrected chi connectivity index (χ2v) is 4.99. The summed E-state index contributed by atoms with van der Waals surface area (Å²) in [6, 6.07) is -0.570. The minimum Gasteiger partial charge on any atom is -0.339 e. The molecule has 1 saturated heterocycles. The van der Waals surface area contributed by atoms with Gasteiger partial charge in [0.05, 0.1) is 12.6 Å². The maximum absolute atomic E-state index is 12.2. The molecule has 1 aliphatic heterocycles. The van der Waals surface area contributed by atoms with E-state index >= 15 is 0 Å². The van der Waals surface area contributed by atoms with Gasteiger partial charge in [-0.25, -0.2) is 0 Å². The summed E-state index contributed by atoms with van der Waals surface area (Å²) in [7, 11) is 0. The number of hydrogen-bond acceptors (Lipinski definition) is 3. The average Bonchev–Trinajstić information content (AvgIpc) is 2.26. The van der Waals surface area contributed by atoms with Gasteiger partial charge in [0.15, 0.2) is 0 Å². The van der Waals surface area contributed by atoms with Crippen LogP contribution in [0.4, 0.5) is 13.2 Å². The van der Waals surface area contributed by atoms with E-state index in [1.165, 1.54) is 4.90 Å². The van der Waals surface area contributed by atoms with E-state index in [0.717, 1.165) is 0 Å². The first-order valence-electron chi connectivity index (χ1n) is 6.04. The SMILES string of the molecule is CC(C)[C@@H](N)C(=O)N1CCN(CC(F)(F)F)CC1.Cl.Cl. The van der Waals surface area contributed by atoms with E-state index in [-0.39, 0.29) is 49.7 Å². The fourth-order valence-corrected chi connectivity index (χ4v) is 1.88. The van der Waals surface area contributed by atoms with Crippen molar-refractivity contribution in [3.8, 4) is 0 Å². The molecule has 0 aromatic carbocycles. The normalized spacial score (nSPS) is 18.2. The van der Waals surface area contributed by atoms with Gasteiger partial charge in [0, 0.05) is 26.2 Å². The minimum atomic E-state index is -4.18. The number of nitrogens with two attached hydrogens (primary N) is 1. The summed E-state index contributed by atoms with van der Waals surface area (Å²) >= 11 is 0. The van der Waals surface area contributed by atoms with Crippen LogP contribution < -0.4 is 5.73 Å². The third-order valence-corrected chi connectivity index (χ3v) is 3.09. The van der Waals surface area contributed by atoms with Crippen molar-refractivity contribution >= 4 is 30.7 Å². The monoisotopic (exact) mass is 339 g/mol. The van der Waals surface area contributed by atoms with E-state index in [1.54, 1.807) is 4.90 Å². The third-order valence-electron chi connectivity index (χ3n) is 3.09. The number of carbonyl (C=O) groups excluding carboxylic acids is 1. The third kappa shape index (κ3) is 6.97. The van der Waals surface area contributed by atoms with Gasteiger partial charge in [-0.05, 0) is 5.92 Å². The highest BCUT2D eigenvalue weighted by molar-refractivity contribution is 5.85. The summed E-state index contributed by atoms with van der Waals surface area (Å²) in [6.45, 7) is 3.91. The first kappa shape index (κ1) is 22.0. The quantitative estimate of drug-likeness (QED) is 0.848. The van der Waals surface area contributed by atoms with E-state index in [4.69, 9.17) is 5.73 Å². The number of carbonyl (C=O) groups is 1. The average molecular weight is 340 g/mol. The molecule has 0 unspecified atom stereocenters. The largest absolute Gasteiger partial charge is 0.401 e. The summed E-state index contributed by atoms with van der Waals surface area (Å²) in [6.07, 6.45) is -4.18. The van der Waals surface area contributed by atoms with Crippen molar-refractivity contribution < 1.29 is 18.0 Å². The number of nitrogens with zero attached hydrogens (tertiary/aromatic N) is 2. The molecule has 0 radical (unpaired) electrons. The molecule has 2 N–H and O–H groups in total. The number of alkyl halides is 3. The fraction of sp³-hybridized carbons (Fsp3) is 0.909. The summed E-state index contributed by atoms with van der Waals surface area (Å²) < 4.78 is 36.6. The molecule has 0 aromatic heterocycles. The molecule has 0 bridgehead atoms. The van der Waals surface area contributed by atoms with Crippen LogP contribution in [0, 0.1) is 5.92 Å². The Kier molecular flexibility index (Phi) is 9.83. The molecule has 1 rings (SSSR count). The number of rotatable bonds is 3.